The Morgan fingerprint density at radius 3 is 2.62 bits per heavy atom. The highest BCUT2D eigenvalue weighted by Gasteiger charge is 2.38. The first-order valence-electron chi connectivity index (χ1n) is 5.50. The highest BCUT2D eigenvalue weighted by Crippen LogP contribution is 2.29. The zero-order valence-electron chi connectivity index (χ0n) is 9.70. The maximum atomic E-state index is 11.7. The standard InChI is InChI=1S/C12H16N2O2/c1-6(2)8-4-7(3)5-9-10(8)13-12(16)14-11(9)15/h4-6,9-10H,1-3H3,(H2,13,14,15,16). The van der Waals surface area contributed by atoms with Crippen LogP contribution in [0.25, 0.3) is 0 Å². The summed E-state index contributed by atoms with van der Waals surface area (Å²) in [6.45, 7) is 6.11. The van der Waals surface area contributed by atoms with Crippen molar-refractivity contribution in [2.45, 2.75) is 26.8 Å². The number of rotatable bonds is 1. The minimum atomic E-state index is -0.397. The van der Waals surface area contributed by atoms with E-state index < -0.39 is 6.03 Å². The van der Waals surface area contributed by atoms with Crippen LogP contribution in [-0.4, -0.2) is 18.0 Å². The normalized spacial score (nSPS) is 29.0. The second-order valence-corrected chi connectivity index (χ2v) is 4.68. The van der Waals surface area contributed by atoms with Crippen LogP contribution in [0.15, 0.2) is 23.3 Å². The van der Waals surface area contributed by atoms with E-state index in [2.05, 4.69) is 30.6 Å². The number of imide groups is 1. The van der Waals surface area contributed by atoms with Gasteiger partial charge in [-0.1, -0.05) is 31.6 Å². The van der Waals surface area contributed by atoms with Crippen molar-refractivity contribution < 1.29 is 9.59 Å². The molecule has 2 aliphatic rings. The number of urea groups is 1. The summed E-state index contributed by atoms with van der Waals surface area (Å²) in [6, 6.07) is -0.573. The largest absolute Gasteiger partial charge is 0.330 e. The average molecular weight is 220 g/mol. The molecule has 86 valence electrons. The lowest BCUT2D eigenvalue weighted by atomic mass is 9.79. The van der Waals surface area contributed by atoms with Crippen molar-refractivity contribution in [2.24, 2.45) is 11.8 Å². The minimum Gasteiger partial charge on any atom is -0.330 e. The fraction of sp³-hybridized carbons (Fsp3) is 0.500. The van der Waals surface area contributed by atoms with E-state index in [9.17, 15) is 9.59 Å². The van der Waals surface area contributed by atoms with E-state index in [1.807, 2.05) is 13.0 Å². The fourth-order valence-corrected chi connectivity index (χ4v) is 2.29. The Labute approximate surface area is 94.8 Å². The molecule has 2 rings (SSSR count). The van der Waals surface area contributed by atoms with E-state index in [1.54, 1.807) is 0 Å². The molecule has 2 unspecified atom stereocenters. The lowest BCUT2D eigenvalue weighted by Crippen LogP contribution is -2.59. The number of nitrogens with one attached hydrogen (secondary N) is 2. The molecule has 1 aliphatic carbocycles. The summed E-state index contributed by atoms with van der Waals surface area (Å²) in [5.74, 6) is -0.151. The Hall–Kier alpha value is -1.58. The van der Waals surface area contributed by atoms with Crippen LogP contribution in [0, 0.1) is 11.8 Å². The second-order valence-electron chi connectivity index (χ2n) is 4.68. The van der Waals surface area contributed by atoms with Gasteiger partial charge in [-0.25, -0.2) is 4.79 Å². The van der Waals surface area contributed by atoms with Crippen LogP contribution in [0.1, 0.15) is 20.8 Å². The molecule has 0 aromatic heterocycles. The molecule has 4 nitrogen and oxygen atoms in total. The Balaban J connectivity index is 2.38. The topological polar surface area (TPSA) is 58.2 Å². The number of carbonyl (C=O) groups excluding carboxylic acids is 2. The molecule has 2 N–H and O–H groups in total. The zero-order chi connectivity index (χ0) is 11.9. The number of amides is 3. The third-order valence-corrected chi connectivity index (χ3v) is 3.05. The van der Waals surface area contributed by atoms with Crippen molar-refractivity contribution in [3.8, 4) is 0 Å². The molecule has 4 heteroatoms. The van der Waals surface area contributed by atoms with Crippen molar-refractivity contribution in [1.82, 2.24) is 10.6 Å². The molecule has 1 aliphatic heterocycles. The summed E-state index contributed by atoms with van der Waals surface area (Å²) in [6.07, 6.45) is 3.97. The van der Waals surface area contributed by atoms with Crippen LogP contribution in [0.4, 0.5) is 4.79 Å². The van der Waals surface area contributed by atoms with Gasteiger partial charge in [0.25, 0.3) is 0 Å². The van der Waals surface area contributed by atoms with Crippen molar-refractivity contribution in [1.29, 1.82) is 0 Å². The number of hydrogen-bond acceptors (Lipinski definition) is 2. The molecule has 0 aromatic rings. The highest BCUT2D eigenvalue weighted by atomic mass is 16.2. The maximum absolute atomic E-state index is 11.7. The molecule has 0 saturated carbocycles. The van der Waals surface area contributed by atoms with E-state index >= 15 is 0 Å². The number of fused-ring (bicyclic) bond motifs is 1. The second kappa shape index (κ2) is 3.77. The highest BCUT2D eigenvalue weighted by molar-refractivity contribution is 6.00. The van der Waals surface area contributed by atoms with Gasteiger partial charge in [-0.15, -0.1) is 0 Å². The molecule has 1 saturated heterocycles. The van der Waals surface area contributed by atoms with E-state index in [-0.39, 0.29) is 17.9 Å². The first-order valence-corrected chi connectivity index (χ1v) is 5.50. The number of hydrogen-bond donors (Lipinski definition) is 2. The van der Waals surface area contributed by atoms with Crippen LogP contribution in [-0.2, 0) is 4.79 Å². The van der Waals surface area contributed by atoms with Crippen LogP contribution in [0.2, 0.25) is 0 Å². The maximum Gasteiger partial charge on any atom is 0.321 e. The van der Waals surface area contributed by atoms with Gasteiger partial charge in [0.1, 0.15) is 0 Å². The monoisotopic (exact) mass is 220 g/mol. The first-order chi connectivity index (χ1) is 7.49. The SMILES string of the molecule is CC1=CC2C(=O)NC(=O)NC2C(C(C)C)=C1. The van der Waals surface area contributed by atoms with Gasteiger partial charge in [0, 0.05) is 0 Å². The van der Waals surface area contributed by atoms with E-state index in [0.717, 1.165) is 11.1 Å². The van der Waals surface area contributed by atoms with Crippen LogP contribution in [0.5, 0.6) is 0 Å². The van der Waals surface area contributed by atoms with Gasteiger partial charge in [-0.2, -0.15) is 0 Å². The Morgan fingerprint density at radius 1 is 1.31 bits per heavy atom. The van der Waals surface area contributed by atoms with Crippen molar-refractivity contribution in [3.63, 3.8) is 0 Å². The summed E-state index contributed by atoms with van der Waals surface area (Å²) in [7, 11) is 0. The summed E-state index contributed by atoms with van der Waals surface area (Å²) in [5.41, 5.74) is 2.20. The summed E-state index contributed by atoms with van der Waals surface area (Å²) >= 11 is 0. The molecular weight excluding hydrogens is 204 g/mol. The number of allylic oxidation sites excluding steroid dienone is 2. The van der Waals surface area contributed by atoms with Gasteiger partial charge in [-0.05, 0) is 18.4 Å². The van der Waals surface area contributed by atoms with E-state index in [0.29, 0.717) is 5.92 Å². The van der Waals surface area contributed by atoms with Crippen molar-refractivity contribution in [2.75, 3.05) is 0 Å². The fourth-order valence-electron chi connectivity index (χ4n) is 2.29. The smallest absolute Gasteiger partial charge is 0.321 e. The molecule has 2 atom stereocenters. The summed E-state index contributed by atoms with van der Waals surface area (Å²) in [5, 5.41) is 5.11. The summed E-state index contributed by atoms with van der Waals surface area (Å²) < 4.78 is 0. The van der Waals surface area contributed by atoms with Crippen LogP contribution < -0.4 is 10.6 Å². The molecular formula is C12H16N2O2. The lowest BCUT2D eigenvalue weighted by molar-refractivity contribution is -0.123. The Kier molecular flexibility index (Phi) is 2.58. The van der Waals surface area contributed by atoms with Gasteiger partial charge < -0.3 is 5.32 Å². The lowest BCUT2D eigenvalue weighted by Gasteiger charge is -2.35. The summed E-state index contributed by atoms with van der Waals surface area (Å²) in [4.78, 5) is 23.0. The predicted octanol–water partition coefficient (Wildman–Crippen LogP) is 1.35. The van der Waals surface area contributed by atoms with Gasteiger partial charge in [0.05, 0.1) is 12.0 Å². The molecule has 0 bridgehead atoms. The van der Waals surface area contributed by atoms with Gasteiger partial charge in [0.2, 0.25) is 5.91 Å². The van der Waals surface area contributed by atoms with Gasteiger partial charge in [0.15, 0.2) is 0 Å². The molecule has 16 heavy (non-hydrogen) atoms. The first kappa shape index (κ1) is 10.9. The van der Waals surface area contributed by atoms with E-state index in [1.165, 1.54) is 0 Å². The van der Waals surface area contributed by atoms with Crippen LogP contribution in [0.3, 0.4) is 0 Å². The van der Waals surface area contributed by atoms with Crippen LogP contribution >= 0.6 is 0 Å². The predicted molar refractivity (Wildman–Crippen MR) is 60.6 cm³/mol. The third-order valence-electron chi connectivity index (χ3n) is 3.05. The molecule has 0 spiro atoms. The van der Waals surface area contributed by atoms with Crippen molar-refractivity contribution >= 4 is 11.9 Å². The molecule has 1 fully saturated rings. The quantitative estimate of drug-likeness (QED) is 0.701. The Morgan fingerprint density at radius 2 is 2.00 bits per heavy atom. The average Bonchev–Trinajstić information content (AvgIpc) is 2.18. The number of carbonyl (C=O) groups is 2. The Bertz CT molecular complexity index is 407. The molecule has 3 amide bonds. The zero-order valence-corrected chi connectivity index (χ0v) is 9.70. The molecule has 1 heterocycles. The van der Waals surface area contributed by atoms with Crippen molar-refractivity contribution in [3.05, 3.63) is 23.3 Å². The molecule has 0 aromatic carbocycles. The minimum absolute atomic E-state index is 0.176. The van der Waals surface area contributed by atoms with E-state index in [4.69, 9.17) is 0 Å². The third kappa shape index (κ3) is 1.75. The molecule has 0 radical (unpaired) electrons. The van der Waals surface area contributed by atoms with Gasteiger partial charge in [-0.3, -0.25) is 10.1 Å². The van der Waals surface area contributed by atoms with Gasteiger partial charge >= 0.3 is 6.03 Å².